The van der Waals surface area contributed by atoms with Gasteiger partial charge in [-0.25, -0.2) is 4.39 Å². The van der Waals surface area contributed by atoms with Gasteiger partial charge in [0.1, 0.15) is 11.9 Å². The fourth-order valence-corrected chi connectivity index (χ4v) is 2.11. The van der Waals surface area contributed by atoms with Crippen molar-refractivity contribution in [2.24, 2.45) is 0 Å². The molecule has 7 heteroatoms. The monoisotopic (exact) mass is 298 g/mol. The molecule has 0 saturated carbocycles. The predicted molar refractivity (Wildman–Crippen MR) is 62.0 cm³/mol. The lowest BCUT2D eigenvalue weighted by Gasteiger charge is -2.03. The predicted octanol–water partition coefficient (Wildman–Crippen LogP) is 3.05. The fraction of sp³-hybridized carbons (Fsp3) is 0. The average molecular weight is 299 g/mol. The zero-order chi connectivity index (χ0) is 11.5. The van der Waals surface area contributed by atoms with Crippen LogP contribution in [0.3, 0.4) is 0 Å². The zero-order valence-corrected chi connectivity index (χ0v) is 10.1. The van der Waals surface area contributed by atoms with Crippen LogP contribution < -0.4 is 5.32 Å². The molecule has 2 aromatic rings. The number of nitrogens with one attached hydrogen (secondary N) is 1. The Hall–Kier alpha value is -1.52. The Morgan fingerprint density at radius 1 is 1.44 bits per heavy atom. The molecule has 1 heterocycles. The lowest BCUT2D eigenvalue weighted by Crippen LogP contribution is -1.93. The molecule has 1 aromatic carbocycles. The number of benzene rings is 1. The summed E-state index contributed by atoms with van der Waals surface area (Å²) in [4.78, 5) is 0. The Bertz CT molecular complexity index is 563. The van der Waals surface area contributed by atoms with Crippen molar-refractivity contribution in [2.45, 2.75) is 0 Å². The Labute approximate surface area is 103 Å². The minimum atomic E-state index is -0.444. The van der Waals surface area contributed by atoms with Crippen LogP contribution >= 0.6 is 27.3 Å². The summed E-state index contributed by atoms with van der Waals surface area (Å²) in [7, 11) is 0. The van der Waals surface area contributed by atoms with Gasteiger partial charge in [-0.05, 0) is 34.1 Å². The summed E-state index contributed by atoms with van der Waals surface area (Å²) in [5.41, 5.74) is 0.735. The number of nitrogens with zero attached hydrogens (tertiary/aromatic N) is 3. The first-order chi connectivity index (χ1) is 7.69. The molecule has 0 amide bonds. The number of halogens is 2. The van der Waals surface area contributed by atoms with Crippen molar-refractivity contribution in [1.29, 1.82) is 5.26 Å². The van der Waals surface area contributed by atoms with E-state index in [0.717, 1.165) is 0 Å². The second-order valence-electron chi connectivity index (χ2n) is 2.79. The molecule has 0 aliphatic carbocycles. The molecule has 0 radical (unpaired) electrons. The molecule has 0 saturated heterocycles. The van der Waals surface area contributed by atoms with Gasteiger partial charge in [0.05, 0.1) is 11.3 Å². The van der Waals surface area contributed by atoms with Crippen LogP contribution in [0.25, 0.3) is 0 Å². The first-order valence-corrected chi connectivity index (χ1v) is 5.75. The van der Waals surface area contributed by atoms with Gasteiger partial charge in [0.25, 0.3) is 0 Å². The molecule has 0 aliphatic heterocycles. The Kier molecular flexibility index (Phi) is 3.12. The molecule has 0 unspecified atom stereocenters. The van der Waals surface area contributed by atoms with Crippen molar-refractivity contribution in [2.75, 3.05) is 5.32 Å². The molecule has 0 bridgehead atoms. The van der Waals surface area contributed by atoms with E-state index in [-0.39, 0.29) is 5.56 Å². The van der Waals surface area contributed by atoms with Gasteiger partial charge in [0, 0.05) is 0 Å². The standard InChI is InChI=1S/C9H4BrFN4S/c10-8-14-15-9(16-8)13-7-2-1-6(11)3-5(7)4-12/h1-3H,(H,13,15). The maximum atomic E-state index is 12.9. The molecule has 0 atom stereocenters. The van der Waals surface area contributed by atoms with Crippen molar-refractivity contribution in [3.8, 4) is 6.07 Å². The largest absolute Gasteiger partial charge is 0.329 e. The quantitative estimate of drug-likeness (QED) is 0.925. The molecule has 0 fully saturated rings. The Morgan fingerprint density at radius 2 is 2.25 bits per heavy atom. The Morgan fingerprint density at radius 3 is 2.88 bits per heavy atom. The highest BCUT2D eigenvalue weighted by molar-refractivity contribution is 9.11. The molecule has 0 spiro atoms. The smallest absolute Gasteiger partial charge is 0.210 e. The molecular formula is C9H4BrFN4S. The summed E-state index contributed by atoms with van der Waals surface area (Å²) >= 11 is 4.46. The minimum Gasteiger partial charge on any atom is -0.329 e. The molecule has 1 N–H and O–H groups in total. The van der Waals surface area contributed by atoms with E-state index in [9.17, 15) is 4.39 Å². The second kappa shape index (κ2) is 4.55. The molecule has 2 rings (SSSR count). The van der Waals surface area contributed by atoms with Crippen LogP contribution in [0.5, 0.6) is 0 Å². The van der Waals surface area contributed by atoms with E-state index < -0.39 is 5.82 Å². The van der Waals surface area contributed by atoms with Crippen molar-refractivity contribution in [3.05, 3.63) is 33.5 Å². The number of hydrogen-bond donors (Lipinski definition) is 1. The number of aromatic nitrogens is 2. The van der Waals surface area contributed by atoms with Crippen LogP contribution in [0.15, 0.2) is 22.1 Å². The minimum absolute atomic E-state index is 0.228. The van der Waals surface area contributed by atoms with Gasteiger partial charge >= 0.3 is 0 Å². The molecule has 80 valence electrons. The summed E-state index contributed by atoms with van der Waals surface area (Å²) in [6.45, 7) is 0. The lowest BCUT2D eigenvalue weighted by molar-refractivity contribution is 0.627. The first kappa shape index (κ1) is 11.0. The van der Waals surface area contributed by atoms with Crippen LogP contribution in [0.1, 0.15) is 5.56 Å². The van der Waals surface area contributed by atoms with Crippen molar-refractivity contribution < 1.29 is 4.39 Å². The number of nitriles is 1. The van der Waals surface area contributed by atoms with Gasteiger partial charge in [-0.15, -0.1) is 10.2 Å². The van der Waals surface area contributed by atoms with Crippen molar-refractivity contribution >= 4 is 38.1 Å². The topological polar surface area (TPSA) is 61.6 Å². The van der Waals surface area contributed by atoms with Crippen LogP contribution in [-0.4, -0.2) is 10.2 Å². The second-order valence-corrected chi connectivity index (χ2v) is 5.04. The summed E-state index contributed by atoms with van der Waals surface area (Å²) in [6, 6.07) is 5.84. The molecule has 1 aromatic heterocycles. The first-order valence-electron chi connectivity index (χ1n) is 4.15. The average Bonchev–Trinajstić information content (AvgIpc) is 2.67. The van der Waals surface area contributed by atoms with Gasteiger partial charge in [0.15, 0.2) is 3.92 Å². The summed E-state index contributed by atoms with van der Waals surface area (Å²) in [5, 5.41) is 19.8. The summed E-state index contributed by atoms with van der Waals surface area (Å²) in [6.07, 6.45) is 0. The van der Waals surface area contributed by atoms with Gasteiger partial charge in [-0.2, -0.15) is 5.26 Å². The fourth-order valence-electron chi connectivity index (χ4n) is 1.09. The highest BCUT2D eigenvalue weighted by atomic mass is 79.9. The zero-order valence-electron chi connectivity index (χ0n) is 7.74. The summed E-state index contributed by atoms with van der Waals surface area (Å²) < 4.78 is 13.5. The van der Waals surface area contributed by atoms with Gasteiger partial charge in [-0.1, -0.05) is 11.3 Å². The maximum Gasteiger partial charge on any atom is 0.210 e. The SMILES string of the molecule is N#Cc1cc(F)ccc1Nc1nnc(Br)s1. The number of rotatable bonds is 2. The van der Waals surface area contributed by atoms with Crippen LogP contribution in [0.4, 0.5) is 15.2 Å². The van der Waals surface area contributed by atoms with E-state index >= 15 is 0 Å². The summed E-state index contributed by atoms with van der Waals surface area (Å²) in [5.74, 6) is -0.444. The highest BCUT2D eigenvalue weighted by Crippen LogP contribution is 2.25. The van der Waals surface area contributed by atoms with E-state index in [2.05, 4.69) is 31.4 Å². The Balaban J connectivity index is 2.31. The van der Waals surface area contributed by atoms with E-state index in [4.69, 9.17) is 5.26 Å². The third-order valence-corrected chi connectivity index (χ3v) is 3.02. The van der Waals surface area contributed by atoms with Gasteiger partial charge < -0.3 is 5.32 Å². The van der Waals surface area contributed by atoms with E-state index in [1.807, 2.05) is 6.07 Å². The number of anilines is 2. The third kappa shape index (κ3) is 2.35. The maximum absolute atomic E-state index is 12.9. The van der Waals surface area contributed by atoms with Crippen LogP contribution in [0, 0.1) is 17.1 Å². The van der Waals surface area contributed by atoms with Crippen LogP contribution in [0.2, 0.25) is 0 Å². The molecule has 16 heavy (non-hydrogen) atoms. The van der Waals surface area contributed by atoms with E-state index in [1.54, 1.807) is 0 Å². The van der Waals surface area contributed by atoms with E-state index in [0.29, 0.717) is 14.7 Å². The van der Waals surface area contributed by atoms with Gasteiger partial charge in [0.2, 0.25) is 5.13 Å². The normalized spacial score (nSPS) is 9.81. The van der Waals surface area contributed by atoms with Crippen molar-refractivity contribution in [3.63, 3.8) is 0 Å². The molecule has 0 aliphatic rings. The third-order valence-electron chi connectivity index (χ3n) is 1.74. The number of hydrogen-bond acceptors (Lipinski definition) is 5. The lowest BCUT2D eigenvalue weighted by atomic mass is 10.2. The molecule has 4 nitrogen and oxygen atoms in total. The highest BCUT2D eigenvalue weighted by Gasteiger charge is 2.06. The van der Waals surface area contributed by atoms with Crippen molar-refractivity contribution in [1.82, 2.24) is 10.2 Å². The van der Waals surface area contributed by atoms with E-state index in [1.165, 1.54) is 29.5 Å². The van der Waals surface area contributed by atoms with Gasteiger partial charge in [-0.3, -0.25) is 0 Å². The van der Waals surface area contributed by atoms with Crippen LogP contribution in [-0.2, 0) is 0 Å². The molecular weight excluding hydrogens is 295 g/mol.